The van der Waals surface area contributed by atoms with Crippen LogP contribution < -0.4 is 15.5 Å². The quantitative estimate of drug-likeness (QED) is 0.923. The van der Waals surface area contributed by atoms with Gasteiger partial charge < -0.3 is 15.5 Å². The second kappa shape index (κ2) is 5.92. The number of nitrogens with zero attached hydrogens (tertiary/aromatic N) is 3. The van der Waals surface area contributed by atoms with E-state index < -0.39 is 0 Å². The second-order valence-electron chi connectivity index (χ2n) is 5.03. The number of pyridine rings is 1. The van der Waals surface area contributed by atoms with E-state index in [0.717, 1.165) is 32.0 Å². The molecule has 3 rings (SSSR count). The van der Waals surface area contributed by atoms with Crippen molar-refractivity contribution in [3.05, 3.63) is 54.2 Å². The molecule has 1 aliphatic heterocycles. The van der Waals surface area contributed by atoms with E-state index in [-0.39, 0.29) is 0 Å². The van der Waals surface area contributed by atoms with Crippen LogP contribution in [0.2, 0.25) is 0 Å². The van der Waals surface area contributed by atoms with Crippen molar-refractivity contribution >= 4 is 11.5 Å². The minimum Gasteiger partial charge on any atom is -0.368 e. The van der Waals surface area contributed by atoms with Crippen LogP contribution in [0, 0.1) is 0 Å². The van der Waals surface area contributed by atoms with Crippen LogP contribution >= 0.6 is 0 Å². The molecule has 1 saturated heterocycles. The lowest BCUT2D eigenvalue weighted by Crippen LogP contribution is -2.46. The Morgan fingerprint density at radius 3 is 2.20 bits per heavy atom. The van der Waals surface area contributed by atoms with Crippen molar-refractivity contribution in [2.75, 3.05) is 36.0 Å². The molecule has 0 radical (unpaired) electrons. The number of nitrogens with two attached hydrogens (primary N) is 1. The number of rotatable bonds is 3. The van der Waals surface area contributed by atoms with Crippen molar-refractivity contribution in [2.24, 2.45) is 5.73 Å². The predicted molar refractivity (Wildman–Crippen MR) is 83.0 cm³/mol. The Balaban J connectivity index is 1.63. The molecule has 20 heavy (non-hydrogen) atoms. The maximum Gasteiger partial charge on any atom is 0.128 e. The first kappa shape index (κ1) is 12.9. The third-order valence-electron chi connectivity index (χ3n) is 3.79. The summed E-state index contributed by atoms with van der Waals surface area (Å²) in [6.07, 6.45) is 1.85. The van der Waals surface area contributed by atoms with Crippen molar-refractivity contribution in [3.63, 3.8) is 0 Å². The molecule has 0 unspecified atom stereocenters. The normalized spacial score (nSPS) is 15.4. The van der Waals surface area contributed by atoms with E-state index in [1.807, 2.05) is 18.3 Å². The van der Waals surface area contributed by atoms with Crippen LogP contribution in [0.25, 0.3) is 0 Å². The summed E-state index contributed by atoms with van der Waals surface area (Å²) in [7, 11) is 0. The molecule has 0 saturated carbocycles. The van der Waals surface area contributed by atoms with Crippen LogP contribution in [0.3, 0.4) is 0 Å². The smallest absolute Gasteiger partial charge is 0.128 e. The lowest BCUT2D eigenvalue weighted by molar-refractivity contribution is 0.647. The highest BCUT2D eigenvalue weighted by molar-refractivity contribution is 5.50. The molecule has 1 fully saturated rings. The molecule has 2 heterocycles. The Kier molecular flexibility index (Phi) is 3.83. The number of benzene rings is 1. The summed E-state index contributed by atoms with van der Waals surface area (Å²) in [4.78, 5) is 9.17. The SMILES string of the molecule is NCc1ccc(N2CCN(c3ccccn3)CC2)cc1. The lowest BCUT2D eigenvalue weighted by Gasteiger charge is -2.36. The molecule has 1 aromatic carbocycles. The van der Waals surface area contributed by atoms with Gasteiger partial charge in [0.05, 0.1) is 0 Å². The molecule has 0 spiro atoms. The average molecular weight is 268 g/mol. The zero-order valence-electron chi connectivity index (χ0n) is 11.6. The number of piperazine rings is 1. The minimum absolute atomic E-state index is 0.605. The molecular weight excluding hydrogens is 248 g/mol. The molecule has 0 atom stereocenters. The molecule has 1 aromatic heterocycles. The van der Waals surface area contributed by atoms with Crippen LogP contribution in [0.5, 0.6) is 0 Å². The Morgan fingerprint density at radius 2 is 1.60 bits per heavy atom. The van der Waals surface area contributed by atoms with Gasteiger partial charge in [0.25, 0.3) is 0 Å². The molecule has 0 amide bonds. The monoisotopic (exact) mass is 268 g/mol. The van der Waals surface area contributed by atoms with Gasteiger partial charge in [-0.1, -0.05) is 18.2 Å². The molecule has 4 heteroatoms. The third kappa shape index (κ3) is 2.75. The van der Waals surface area contributed by atoms with Gasteiger partial charge in [-0.15, -0.1) is 0 Å². The summed E-state index contributed by atoms with van der Waals surface area (Å²) in [6, 6.07) is 14.6. The van der Waals surface area contributed by atoms with Crippen LogP contribution in [-0.4, -0.2) is 31.2 Å². The fourth-order valence-corrected chi connectivity index (χ4v) is 2.58. The first-order valence-electron chi connectivity index (χ1n) is 7.07. The molecule has 4 nitrogen and oxygen atoms in total. The predicted octanol–water partition coefficient (Wildman–Crippen LogP) is 1.87. The molecule has 0 bridgehead atoms. The third-order valence-corrected chi connectivity index (χ3v) is 3.79. The highest BCUT2D eigenvalue weighted by Gasteiger charge is 2.17. The highest BCUT2D eigenvalue weighted by Crippen LogP contribution is 2.19. The van der Waals surface area contributed by atoms with E-state index in [4.69, 9.17) is 5.73 Å². The second-order valence-corrected chi connectivity index (χ2v) is 5.03. The number of aromatic nitrogens is 1. The van der Waals surface area contributed by atoms with Crippen LogP contribution in [0.15, 0.2) is 48.7 Å². The van der Waals surface area contributed by atoms with Crippen molar-refractivity contribution in [1.29, 1.82) is 0 Å². The zero-order valence-corrected chi connectivity index (χ0v) is 11.6. The van der Waals surface area contributed by atoms with E-state index in [1.54, 1.807) is 0 Å². The van der Waals surface area contributed by atoms with Crippen LogP contribution in [-0.2, 0) is 6.54 Å². The van der Waals surface area contributed by atoms with Crippen molar-refractivity contribution in [2.45, 2.75) is 6.54 Å². The van der Waals surface area contributed by atoms with E-state index in [0.29, 0.717) is 6.54 Å². The maximum absolute atomic E-state index is 5.63. The maximum atomic E-state index is 5.63. The summed E-state index contributed by atoms with van der Waals surface area (Å²) < 4.78 is 0. The highest BCUT2D eigenvalue weighted by atomic mass is 15.3. The van der Waals surface area contributed by atoms with Gasteiger partial charge in [-0.25, -0.2) is 4.98 Å². The number of anilines is 2. The van der Waals surface area contributed by atoms with Crippen molar-refractivity contribution < 1.29 is 0 Å². The Hall–Kier alpha value is -2.07. The standard InChI is InChI=1S/C16H20N4/c17-13-14-4-6-15(7-5-14)19-9-11-20(12-10-19)16-3-1-2-8-18-16/h1-8H,9-13,17H2. The van der Waals surface area contributed by atoms with Gasteiger partial charge in [0, 0.05) is 44.6 Å². The fraction of sp³-hybridized carbons (Fsp3) is 0.312. The average Bonchev–Trinajstić information content (AvgIpc) is 2.56. The number of hydrogen-bond acceptors (Lipinski definition) is 4. The molecule has 2 N–H and O–H groups in total. The van der Waals surface area contributed by atoms with E-state index >= 15 is 0 Å². The van der Waals surface area contributed by atoms with Gasteiger partial charge in [0.1, 0.15) is 5.82 Å². The van der Waals surface area contributed by atoms with Crippen molar-refractivity contribution in [1.82, 2.24) is 4.98 Å². The lowest BCUT2D eigenvalue weighted by atomic mass is 10.2. The fourth-order valence-electron chi connectivity index (χ4n) is 2.58. The van der Waals surface area contributed by atoms with Crippen molar-refractivity contribution in [3.8, 4) is 0 Å². The van der Waals surface area contributed by atoms with Gasteiger partial charge in [-0.3, -0.25) is 0 Å². The summed E-state index contributed by atoms with van der Waals surface area (Å²) in [5.74, 6) is 1.07. The van der Waals surface area contributed by atoms with Gasteiger partial charge in [-0.2, -0.15) is 0 Å². The number of hydrogen-bond donors (Lipinski definition) is 1. The van der Waals surface area contributed by atoms with E-state index in [2.05, 4.69) is 45.1 Å². The zero-order chi connectivity index (χ0) is 13.8. The largest absolute Gasteiger partial charge is 0.368 e. The Bertz CT molecular complexity index is 530. The summed E-state index contributed by atoms with van der Waals surface area (Å²) in [6.45, 7) is 4.68. The summed E-state index contributed by atoms with van der Waals surface area (Å²) in [5.41, 5.74) is 8.10. The molecular formula is C16H20N4. The summed E-state index contributed by atoms with van der Waals surface area (Å²) in [5, 5.41) is 0. The van der Waals surface area contributed by atoms with Gasteiger partial charge in [-0.05, 0) is 29.8 Å². The molecule has 0 aliphatic carbocycles. The Labute approximate surface area is 119 Å². The Morgan fingerprint density at radius 1 is 0.900 bits per heavy atom. The molecule has 1 aliphatic rings. The molecule has 2 aromatic rings. The van der Waals surface area contributed by atoms with Crippen LogP contribution in [0.4, 0.5) is 11.5 Å². The van der Waals surface area contributed by atoms with Crippen LogP contribution in [0.1, 0.15) is 5.56 Å². The van der Waals surface area contributed by atoms with Gasteiger partial charge >= 0.3 is 0 Å². The molecule has 104 valence electrons. The topological polar surface area (TPSA) is 45.4 Å². The summed E-state index contributed by atoms with van der Waals surface area (Å²) >= 11 is 0. The van der Waals surface area contributed by atoms with E-state index in [9.17, 15) is 0 Å². The minimum atomic E-state index is 0.605. The first-order chi connectivity index (χ1) is 9.86. The van der Waals surface area contributed by atoms with E-state index in [1.165, 1.54) is 11.3 Å². The van der Waals surface area contributed by atoms with Gasteiger partial charge in [0.2, 0.25) is 0 Å². The van der Waals surface area contributed by atoms with Gasteiger partial charge in [0.15, 0.2) is 0 Å². The first-order valence-corrected chi connectivity index (χ1v) is 7.07.